The minimum atomic E-state index is -1.07. The maximum Gasteiger partial charge on any atom is 0.350 e. The fourth-order valence-electron chi connectivity index (χ4n) is 21.3. The second-order valence-corrected chi connectivity index (χ2v) is 41.0. The van der Waals surface area contributed by atoms with Gasteiger partial charge in [-0.05, 0) is 294 Å². The predicted octanol–water partition coefficient (Wildman–Crippen LogP) is 14.4. The van der Waals surface area contributed by atoms with Gasteiger partial charge in [0.05, 0.1) is 38.3 Å². The number of carbonyl (C=O) groups is 7. The Bertz CT molecular complexity index is 3040. The van der Waals surface area contributed by atoms with Gasteiger partial charge >= 0.3 is 41.8 Å². The van der Waals surface area contributed by atoms with E-state index in [0.29, 0.717) is 32.1 Å². The molecule has 0 aromatic heterocycles. The lowest BCUT2D eigenvalue weighted by atomic mass is 9.46. The van der Waals surface area contributed by atoms with Crippen molar-refractivity contribution in [2.45, 2.75) is 408 Å². The quantitative estimate of drug-likeness (QED) is 0.101. The molecule has 0 radical (unpaired) electrons. The first kappa shape index (κ1) is 82.9. The number of rotatable bonds is 17. The lowest BCUT2D eigenvalue weighted by Gasteiger charge is -2.62. The van der Waals surface area contributed by atoms with E-state index in [1.807, 2.05) is 62.3 Å². The average molecular weight is 1500 g/mol. The Hall–Kier alpha value is -4.03. The lowest BCUT2D eigenvalue weighted by molar-refractivity contribution is -0.264. The molecule has 12 aliphatic carbocycles. The Balaban J connectivity index is 0.000000132. The van der Waals surface area contributed by atoms with Crippen molar-refractivity contribution in [1.29, 1.82) is 0 Å². The summed E-state index contributed by atoms with van der Waals surface area (Å²) < 4.78 is 73.5. The molecule has 12 atom stereocenters. The van der Waals surface area contributed by atoms with Gasteiger partial charge < -0.3 is 71.8 Å². The van der Waals surface area contributed by atoms with Crippen molar-refractivity contribution in [2.24, 2.45) is 79.3 Å². The van der Waals surface area contributed by atoms with Crippen LogP contribution in [-0.4, -0.2) is 153 Å². The summed E-state index contributed by atoms with van der Waals surface area (Å²) in [6.07, 6.45) is 16.7. The van der Waals surface area contributed by atoms with Gasteiger partial charge in [-0.15, -0.1) is 0 Å². The highest BCUT2D eigenvalue weighted by molar-refractivity contribution is 5.85. The van der Waals surface area contributed by atoms with E-state index in [0.717, 1.165) is 74.0 Å². The van der Waals surface area contributed by atoms with Crippen molar-refractivity contribution in [2.75, 3.05) is 0 Å². The van der Waals surface area contributed by atoms with E-state index >= 15 is 0 Å². The first-order chi connectivity index (χ1) is 48.7. The van der Waals surface area contributed by atoms with Crippen molar-refractivity contribution >= 4 is 41.8 Å². The fraction of sp³-hybridized carbons (Fsp3) is 0.917. The smallest absolute Gasteiger partial charge is 0.350 e. The van der Waals surface area contributed by atoms with Gasteiger partial charge in [0.15, 0.2) is 48.6 Å². The third-order valence-corrected chi connectivity index (χ3v) is 28.9. The highest BCUT2D eigenvalue weighted by Gasteiger charge is 2.69. The van der Waals surface area contributed by atoms with E-state index in [1.165, 1.54) is 77.0 Å². The fourth-order valence-corrected chi connectivity index (χ4v) is 21.3. The zero-order valence-electron chi connectivity index (χ0n) is 68.6. The van der Waals surface area contributed by atoms with Crippen LogP contribution in [0.5, 0.6) is 0 Å². The maximum absolute atomic E-state index is 12.6. The second kappa shape index (κ2) is 28.6. The normalized spacial score (nSPS) is 40.4. The van der Waals surface area contributed by atoms with Gasteiger partial charge in [-0.1, -0.05) is 34.6 Å². The SMILES string of the molecule is CCC(C)(C)C(=O)OC(C)(C)C12CC3CC(CC(C3)C1)C2.CCC(C)(C)C(=O)OC(C)(C)C12CC3CC(CC(C3)C1)C2.CCC(C)(C)C(=O)OC12CC3CC(O)(CC(O)(C3)C1)C2.CCC(C)(C)C(=O)OC1C(=O)OC2C3OC(C)(C)OC3OC12.CCC(C)(C)C(=O)OC1C(=O)OC2C3OC(C)(C)OC3OC12. The van der Waals surface area contributed by atoms with Crippen LogP contribution in [0.25, 0.3) is 0 Å². The average Bonchev–Trinajstić information content (AvgIpc) is 1.26. The molecule has 12 saturated carbocycles. The van der Waals surface area contributed by atoms with Crippen molar-refractivity contribution < 1.29 is 105 Å². The molecule has 2 N–H and O–H groups in total. The van der Waals surface area contributed by atoms with E-state index in [9.17, 15) is 43.8 Å². The minimum Gasteiger partial charge on any atom is -0.459 e. The number of carbonyl (C=O) groups excluding carboxylic acids is 7. The van der Waals surface area contributed by atoms with Crippen molar-refractivity contribution in [1.82, 2.24) is 0 Å². The van der Waals surface area contributed by atoms with E-state index < -0.39 is 130 Å². The number of esters is 7. The van der Waals surface area contributed by atoms with E-state index in [4.69, 9.17) is 61.6 Å². The number of hydrogen-bond acceptors (Lipinski definition) is 22. The first-order valence-electron chi connectivity index (χ1n) is 40.7. The summed E-state index contributed by atoms with van der Waals surface area (Å²) in [6.45, 7) is 44.6. The Kier molecular flexibility index (Phi) is 22.3. The molecule has 6 saturated heterocycles. The van der Waals surface area contributed by atoms with Crippen LogP contribution in [0, 0.1) is 79.3 Å². The van der Waals surface area contributed by atoms with Crippen LogP contribution in [0.2, 0.25) is 0 Å². The summed E-state index contributed by atoms with van der Waals surface area (Å²) >= 11 is 0. The van der Waals surface area contributed by atoms with Crippen molar-refractivity contribution in [3.8, 4) is 0 Å². The third-order valence-electron chi connectivity index (χ3n) is 28.9. The largest absolute Gasteiger partial charge is 0.459 e. The van der Waals surface area contributed by atoms with Crippen LogP contribution < -0.4 is 0 Å². The molecule has 12 unspecified atom stereocenters. The Morgan fingerprint density at radius 1 is 0.377 bits per heavy atom. The van der Waals surface area contributed by atoms with Gasteiger partial charge in [-0.25, -0.2) is 9.59 Å². The van der Waals surface area contributed by atoms with Crippen molar-refractivity contribution in [3.05, 3.63) is 0 Å². The molecule has 18 rings (SSSR count). The minimum absolute atomic E-state index is 0.00857. The standard InChI is InChI=1S/2C19H32O2.C16H26O4.2C15H22O7/c2*1-6-17(2,3)16(20)21-18(4,5)19-10-13-7-14(11-19)9-15(8-13)12-19;1-4-13(2,3)12(17)20-16-7-11-5-14(18,9-16)8-15(19,6-11)10-16;2*1-6-14(2,3)13(17)20-9-7-8(18-11(9)16)10-12(19-7)22-15(4,5)21-10/h2*13-15H,6-12H2,1-5H3;11,18-19H,4-10H2,1-3H3;2*7-10,12H,6H2,1-5H3. The molecule has 12 bridgehead atoms. The molecule has 6 heterocycles. The molecule has 0 amide bonds. The molecule has 106 heavy (non-hydrogen) atoms. The molecular formula is C84H134O22. The summed E-state index contributed by atoms with van der Waals surface area (Å²) in [5.41, 5.74) is -5.01. The monoisotopic (exact) mass is 1490 g/mol. The van der Waals surface area contributed by atoms with Crippen molar-refractivity contribution in [3.63, 3.8) is 0 Å². The highest BCUT2D eigenvalue weighted by atomic mass is 16.9. The second-order valence-electron chi connectivity index (χ2n) is 41.0. The summed E-state index contributed by atoms with van der Waals surface area (Å²) in [5, 5.41) is 21.3. The Morgan fingerprint density at radius 2 is 0.670 bits per heavy atom. The summed E-state index contributed by atoms with van der Waals surface area (Å²) in [5.74, 6) is 1.79. The van der Waals surface area contributed by atoms with Crippen LogP contribution >= 0.6 is 0 Å². The number of aliphatic hydroxyl groups is 2. The van der Waals surface area contributed by atoms with E-state index in [1.54, 1.807) is 55.4 Å². The zero-order valence-corrected chi connectivity index (χ0v) is 68.6. The number of ether oxygens (including phenoxy) is 13. The number of fused-ring (bicyclic) bond motifs is 6. The lowest BCUT2D eigenvalue weighted by Crippen LogP contribution is -2.67. The van der Waals surface area contributed by atoms with E-state index in [2.05, 4.69) is 41.5 Å². The third kappa shape index (κ3) is 16.3. The molecule has 18 fully saturated rings. The molecule has 6 aliphatic heterocycles. The van der Waals surface area contributed by atoms with Gasteiger partial charge in [-0.2, -0.15) is 0 Å². The summed E-state index contributed by atoms with van der Waals surface area (Å²) in [7, 11) is 0. The molecule has 18 aliphatic rings. The van der Waals surface area contributed by atoms with Crippen LogP contribution in [0.1, 0.15) is 307 Å². The molecule has 0 aromatic carbocycles. The molecule has 602 valence electrons. The Morgan fingerprint density at radius 3 is 0.962 bits per heavy atom. The highest BCUT2D eigenvalue weighted by Crippen LogP contribution is 2.67. The molecule has 0 aromatic rings. The van der Waals surface area contributed by atoms with Gasteiger partial charge in [0.25, 0.3) is 0 Å². The first-order valence-corrected chi connectivity index (χ1v) is 40.7. The van der Waals surface area contributed by atoms with Gasteiger partial charge in [0, 0.05) is 30.1 Å². The summed E-state index contributed by atoms with van der Waals surface area (Å²) in [4.78, 5) is 86.0. The predicted molar refractivity (Wildman–Crippen MR) is 389 cm³/mol. The van der Waals surface area contributed by atoms with Crippen LogP contribution in [0.3, 0.4) is 0 Å². The molecule has 22 nitrogen and oxygen atoms in total. The zero-order chi connectivity index (χ0) is 78.3. The van der Waals surface area contributed by atoms with Crippen LogP contribution in [0.4, 0.5) is 0 Å². The van der Waals surface area contributed by atoms with E-state index in [-0.39, 0.29) is 56.7 Å². The topological polar surface area (TPSA) is 280 Å². The van der Waals surface area contributed by atoms with Crippen LogP contribution in [-0.2, 0) is 95.1 Å². The molecular weight excluding hydrogens is 1360 g/mol. The number of hydrogen-bond donors (Lipinski definition) is 2. The van der Waals surface area contributed by atoms with Gasteiger partial charge in [0.1, 0.15) is 29.0 Å². The van der Waals surface area contributed by atoms with Crippen LogP contribution in [0.15, 0.2) is 0 Å². The maximum atomic E-state index is 12.6. The van der Waals surface area contributed by atoms with Gasteiger partial charge in [0.2, 0.25) is 12.2 Å². The molecule has 22 heteroatoms. The Labute approximate surface area is 631 Å². The molecule has 0 spiro atoms. The van der Waals surface area contributed by atoms with Gasteiger partial charge in [-0.3, -0.25) is 24.0 Å². The summed E-state index contributed by atoms with van der Waals surface area (Å²) in [6, 6.07) is 0.